The van der Waals surface area contributed by atoms with E-state index in [1.165, 1.54) is 21.4 Å². The molecule has 0 saturated heterocycles. The van der Waals surface area contributed by atoms with Crippen LogP contribution in [0.2, 0.25) is 0 Å². The number of nitrogens with zero attached hydrogens (tertiary/aromatic N) is 3. The summed E-state index contributed by atoms with van der Waals surface area (Å²) in [6.07, 6.45) is 0.911. The van der Waals surface area contributed by atoms with E-state index in [1.54, 1.807) is 11.3 Å². The SMILES string of the molecule is Cc1nn(-c2ccccc2)c2nc(-c3cccs3)c3c(c12)CCOC3. The van der Waals surface area contributed by atoms with E-state index in [-0.39, 0.29) is 0 Å². The molecule has 0 unspecified atom stereocenters. The first kappa shape index (κ1) is 14.8. The smallest absolute Gasteiger partial charge is 0.164 e. The van der Waals surface area contributed by atoms with Gasteiger partial charge in [0.2, 0.25) is 0 Å². The molecular weight excluding hydrogens is 330 g/mol. The Balaban J connectivity index is 1.87. The molecule has 1 aliphatic rings. The van der Waals surface area contributed by atoms with Crippen molar-refractivity contribution in [1.82, 2.24) is 14.8 Å². The van der Waals surface area contributed by atoms with Crippen LogP contribution in [-0.4, -0.2) is 21.4 Å². The van der Waals surface area contributed by atoms with Gasteiger partial charge in [-0.25, -0.2) is 9.67 Å². The third kappa shape index (κ3) is 2.31. The molecule has 124 valence electrons. The van der Waals surface area contributed by atoms with Crippen molar-refractivity contribution in [3.05, 3.63) is 64.7 Å². The highest BCUT2D eigenvalue weighted by atomic mass is 32.1. The molecule has 0 spiro atoms. The topological polar surface area (TPSA) is 39.9 Å². The number of para-hydroxylation sites is 1. The molecule has 0 bridgehead atoms. The maximum atomic E-state index is 5.75. The van der Waals surface area contributed by atoms with E-state index in [2.05, 4.69) is 36.6 Å². The van der Waals surface area contributed by atoms with Gasteiger partial charge in [0.1, 0.15) is 0 Å². The molecule has 1 aromatic carbocycles. The van der Waals surface area contributed by atoms with E-state index < -0.39 is 0 Å². The average molecular weight is 347 g/mol. The molecule has 4 aromatic rings. The summed E-state index contributed by atoms with van der Waals surface area (Å²) in [6.45, 7) is 3.46. The summed E-state index contributed by atoms with van der Waals surface area (Å²) >= 11 is 1.72. The minimum absolute atomic E-state index is 0.626. The predicted octanol–water partition coefficient (Wildman–Crippen LogP) is 4.53. The Morgan fingerprint density at radius 1 is 1.08 bits per heavy atom. The van der Waals surface area contributed by atoms with Gasteiger partial charge in [-0.2, -0.15) is 5.10 Å². The number of pyridine rings is 1. The predicted molar refractivity (Wildman–Crippen MR) is 100 cm³/mol. The quantitative estimate of drug-likeness (QED) is 0.535. The lowest BCUT2D eigenvalue weighted by atomic mass is 9.97. The number of thiophene rings is 1. The number of hydrogen-bond donors (Lipinski definition) is 0. The van der Waals surface area contributed by atoms with Gasteiger partial charge in [-0.15, -0.1) is 11.3 Å². The summed E-state index contributed by atoms with van der Waals surface area (Å²) < 4.78 is 7.72. The lowest BCUT2D eigenvalue weighted by molar-refractivity contribution is 0.111. The van der Waals surface area contributed by atoms with Crippen LogP contribution in [0.25, 0.3) is 27.3 Å². The van der Waals surface area contributed by atoms with E-state index in [0.29, 0.717) is 6.61 Å². The molecule has 0 amide bonds. The second kappa shape index (κ2) is 5.79. The monoisotopic (exact) mass is 347 g/mol. The van der Waals surface area contributed by atoms with E-state index in [9.17, 15) is 0 Å². The number of aromatic nitrogens is 3. The number of ether oxygens (including phenoxy) is 1. The Labute approximate surface area is 149 Å². The fourth-order valence-corrected chi connectivity index (χ4v) is 4.33. The van der Waals surface area contributed by atoms with Gasteiger partial charge in [0.15, 0.2) is 5.65 Å². The Bertz CT molecular complexity index is 1050. The van der Waals surface area contributed by atoms with Gasteiger partial charge in [0, 0.05) is 10.9 Å². The maximum absolute atomic E-state index is 5.75. The fraction of sp³-hybridized carbons (Fsp3) is 0.200. The maximum Gasteiger partial charge on any atom is 0.164 e. The minimum atomic E-state index is 0.626. The van der Waals surface area contributed by atoms with E-state index in [1.807, 2.05) is 22.9 Å². The lowest BCUT2D eigenvalue weighted by Crippen LogP contribution is -2.13. The van der Waals surface area contributed by atoms with E-state index in [4.69, 9.17) is 14.8 Å². The minimum Gasteiger partial charge on any atom is -0.376 e. The fourth-order valence-electron chi connectivity index (χ4n) is 3.59. The van der Waals surface area contributed by atoms with Crippen LogP contribution >= 0.6 is 11.3 Å². The molecule has 0 fully saturated rings. The van der Waals surface area contributed by atoms with Crippen LogP contribution in [0, 0.1) is 6.92 Å². The summed E-state index contributed by atoms with van der Waals surface area (Å²) in [5.74, 6) is 0. The van der Waals surface area contributed by atoms with Crippen LogP contribution in [0.3, 0.4) is 0 Å². The highest BCUT2D eigenvalue weighted by Gasteiger charge is 2.24. The average Bonchev–Trinajstić information content (AvgIpc) is 3.30. The molecule has 0 atom stereocenters. The van der Waals surface area contributed by atoms with Crippen molar-refractivity contribution >= 4 is 22.4 Å². The zero-order valence-electron chi connectivity index (χ0n) is 13.9. The van der Waals surface area contributed by atoms with Gasteiger partial charge in [-0.3, -0.25) is 0 Å². The van der Waals surface area contributed by atoms with Gasteiger partial charge in [-0.05, 0) is 42.5 Å². The Morgan fingerprint density at radius 2 is 1.96 bits per heavy atom. The zero-order valence-corrected chi connectivity index (χ0v) is 14.7. The molecule has 0 saturated carbocycles. The number of rotatable bonds is 2. The van der Waals surface area contributed by atoms with Crippen molar-refractivity contribution in [3.8, 4) is 16.3 Å². The number of aryl methyl sites for hydroxylation is 1. The highest BCUT2D eigenvalue weighted by Crippen LogP contribution is 2.36. The Kier molecular flexibility index (Phi) is 3.43. The Hall–Kier alpha value is -2.50. The molecule has 4 nitrogen and oxygen atoms in total. The standard InChI is InChI=1S/C20H17N3OS/c1-13-18-15-9-10-24-12-16(15)19(17-8-5-11-25-17)21-20(18)23(22-13)14-6-3-2-4-7-14/h2-8,11H,9-10,12H2,1H3. The third-order valence-electron chi connectivity index (χ3n) is 4.70. The van der Waals surface area contributed by atoms with Gasteiger partial charge in [0.05, 0.1) is 35.2 Å². The zero-order chi connectivity index (χ0) is 16.8. The molecule has 3 aromatic heterocycles. The van der Waals surface area contributed by atoms with Crippen LogP contribution in [0.4, 0.5) is 0 Å². The van der Waals surface area contributed by atoms with E-state index >= 15 is 0 Å². The van der Waals surface area contributed by atoms with Crippen LogP contribution < -0.4 is 0 Å². The van der Waals surface area contributed by atoms with Crippen molar-refractivity contribution in [2.75, 3.05) is 6.61 Å². The Morgan fingerprint density at radius 3 is 2.76 bits per heavy atom. The molecule has 0 aliphatic carbocycles. The van der Waals surface area contributed by atoms with Crippen LogP contribution in [0.1, 0.15) is 16.8 Å². The molecule has 5 heteroatoms. The second-order valence-electron chi connectivity index (χ2n) is 6.23. The van der Waals surface area contributed by atoms with Crippen LogP contribution in [0.5, 0.6) is 0 Å². The van der Waals surface area contributed by atoms with Gasteiger partial charge in [0.25, 0.3) is 0 Å². The number of fused-ring (bicyclic) bond motifs is 3. The molecule has 0 radical (unpaired) electrons. The number of hydrogen-bond acceptors (Lipinski definition) is 4. The van der Waals surface area contributed by atoms with Crippen LogP contribution in [-0.2, 0) is 17.8 Å². The number of benzene rings is 1. The summed E-state index contributed by atoms with van der Waals surface area (Å²) in [6, 6.07) is 14.4. The van der Waals surface area contributed by atoms with Crippen LogP contribution in [0.15, 0.2) is 47.8 Å². The largest absolute Gasteiger partial charge is 0.376 e. The summed E-state index contributed by atoms with van der Waals surface area (Å²) in [4.78, 5) is 6.24. The van der Waals surface area contributed by atoms with E-state index in [0.717, 1.165) is 35.8 Å². The summed E-state index contributed by atoms with van der Waals surface area (Å²) in [5, 5.41) is 8.08. The van der Waals surface area contributed by atoms with Crippen molar-refractivity contribution in [3.63, 3.8) is 0 Å². The first-order valence-electron chi connectivity index (χ1n) is 8.41. The highest BCUT2D eigenvalue weighted by molar-refractivity contribution is 7.13. The molecular formula is C20H17N3OS. The normalized spacial score (nSPS) is 14.0. The van der Waals surface area contributed by atoms with Gasteiger partial charge < -0.3 is 4.74 Å². The second-order valence-corrected chi connectivity index (χ2v) is 7.18. The first-order valence-corrected chi connectivity index (χ1v) is 9.29. The first-order chi connectivity index (χ1) is 12.3. The van der Waals surface area contributed by atoms with Gasteiger partial charge >= 0.3 is 0 Å². The van der Waals surface area contributed by atoms with Crippen molar-refractivity contribution in [2.24, 2.45) is 0 Å². The molecule has 5 rings (SSSR count). The third-order valence-corrected chi connectivity index (χ3v) is 5.58. The van der Waals surface area contributed by atoms with Crippen molar-refractivity contribution in [1.29, 1.82) is 0 Å². The van der Waals surface area contributed by atoms with Crippen molar-refractivity contribution < 1.29 is 4.74 Å². The molecule has 1 aliphatic heterocycles. The van der Waals surface area contributed by atoms with Gasteiger partial charge in [-0.1, -0.05) is 24.3 Å². The molecule has 0 N–H and O–H groups in total. The molecule has 4 heterocycles. The molecule has 25 heavy (non-hydrogen) atoms. The lowest BCUT2D eigenvalue weighted by Gasteiger charge is -2.20. The van der Waals surface area contributed by atoms with Crippen molar-refractivity contribution in [2.45, 2.75) is 20.0 Å². The summed E-state index contributed by atoms with van der Waals surface area (Å²) in [7, 11) is 0. The summed E-state index contributed by atoms with van der Waals surface area (Å²) in [5.41, 5.74) is 6.61.